The van der Waals surface area contributed by atoms with Gasteiger partial charge in [-0.1, -0.05) is 0 Å². The summed E-state index contributed by atoms with van der Waals surface area (Å²) in [5, 5.41) is 0. The largest absolute Gasteiger partial charge is 0.456 e. The molecule has 0 unspecified atom stereocenters. The first-order valence-corrected chi connectivity index (χ1v) is 4.97. The van der Waals surface area contributed by atoms with Gasteiger partial charge in [-0.3, -0.25) is 9.59 Å². The van der Waals surface area contributed by atoms with Gasteiger partial charge in [-0.2, -0.15) is 0 Å². The maximum atomic E-state index is 10.4. The molecule has 2 heterocycles. The molecule has 0 N–H and O–H groups in total. The lowest BCUT2D eigenvalue weighted by molar-refractivity contribution is 0.0780. The number of ether oxygens (including phenoxy) is 1. The Hall–Kier alpha value is -2.14. The lowest BCUT2D eigenvalue weighted by Crippen LogP contribution is -1.91. The van der Waals surface area contributed by atoms with Crippen molar-refractivity contribution in [2.75, 3.05) is 0 Å². The van der Waals surface area contributed by atoms with Gasteiger partial charge in [-0.05, 0) is 24.3 Å². The van der Waals surface area contributed by atoms with Crippen molar-refractivity contribution in [1.29, 1.82) is 0 Å². The predicted molar refractivity (Wildman–Crippen MR) is 56.7 cm³/mol. The van der Waals surface area contributed by atoms with Gasteiger partial charge in [0.2, 0.25) is 0 Å². The zero-order valence-electron chi connectivity index (χ0n) is 8.92. The molecule has 0 amide bonds. The smallest absolute Gasteiger partial charge is 0.185 e. The molecule has 0 saturated heterocycles. The molecule has 0 atom stereocenters. The minimum Gasteiger partial charge on any atom is -0.456 e. The third kappa shape index (κ3) is 2.92. The van der Waals surface area contributed by atoms with Crippen LogP contribution in [0.3, 0.4) is 0 Å². The van der Waals surface area contributed by atoms with Crippen LogP contribution in [-0.4, -0.2) is 12.6 Å². The Morgan fingerprint density at radius 2 is 1.35 bits per heavy atom. The van der Waals surface area contributed by atoms with E-state index in [4.69, 9.17) is 13.6 Å². The highest BCUT2D eigenvalue weighted by molar-refractivity contribution is 5.70. The average Bonchev–Trinajstić information content (AvgIpc) is 2.97. The lowest BCUT2D eigenvalue weighted by Gasteiger charge is -1.98. The number of rotatable bonds is 6. The van der Waals surface area contributed by atoms with Crippen molar-refractivity contribution < 1.29 is 23.2 Å². The minimum absolute atomic E-state index is 0.241. The first-order valence-electron chi connectivity index (χ1n) is 4.97. The fraction of sp³-hybridized carbons (Fsp3) is 0.167. The molecule has 2 aromatic rings. The van der Waals surface area contributed by atoms with Crippen LogP contribution in [0.25, 0.3) is 0 Å². The van der Waals surface area contributed by atoms with Crippen LogP contribution in [0.5, 0.6) is 0 Å². The number of aldehydes is 2. The summed E-state index contributed by atoms with van der Waals surface area (Å²) in [6.45, 7) is 0.482. The number of hydrogen-bond acceptors (Lipinski definition) is 5. The molecule has 0 aliphatic heterocycles. The van der Waals surface area contributed by atoms with E-state index in [1.807, 2.05) is 0 Å². The number of hydrogen-bond donors (Lipinski definition) is 0. The molecule has 2 rings (SSSR count). The molecule has 88 valence electrons. The quantitative estimate of drug-likeness (QED) is 0.716. The van der Waals surface area contributed by atoms with Gasteiger partial charge in [0.1, 0.15) is 24.7 Å². The second-order valence-electron chi connectivity index (χ2n) is 3.34. The summed E-state index contributed by atoms with van der Waals surface area (Å²) in [6, 6.07) is 6.48. The molecular weight excluding hydrogens is 224 g/mol. The minimum atomic E-state index is 0.241. The van der Waals surface area contributed by atoms with E-state index >= 15 is 0 Å². The molecule has 17 heavy (non-hydrogen) atoms. The molecule has 0 bridgehead atoms. The first kappa shape index (κ1) is 11.3. The molecule has 0 fully saturated rings. The van der Waals surface area contributed by atoms with Crippen LogP contribution in [-0.2, 0) is 18.0 Å². The highest BCUT2D eigenvalue weighted by Crippen LogP contribution is 2.10. The highest BCUT2D eigenvalue weighted by Gasteiger charge is 2.03. The van der Waals surface area contributed by atoms with Crippen LogP contribution in [0.1, 0.15) is 32.6 Å². The third-order valence-electron chi connectivity index (χ3n) is 2.09. The van der Waals surface area contributed by atoms with Crippen molar-refractivity contribution in [2.24, 2.45) is 0 Å². The molecule has 0 aliphatic carbocycles. The topological polar surface area (TPSA) is 69.7 Å². The SMILES string of the molecule is O=Cc1ccc(COCc2ccc(C=O)o2)o1. The van der Waals surface area contributed by atoms with Gasteiger partial charge in [0.25, 0.3) is 0 Å². The van der Waals surface area contributed by atoms with Crippen LogP contribution in [0.2, 0.25) is 0 Å². The van der Waals surface area contributed by atoms with Gasteiger partial charge < -0.3 is 13.6 Å². The molecule has 0 spiro atoms. The Morgan fingerprint density at radius 1 is 0.882 bits per heavy atom. The number of furan rings is 2. The van der Waals surface area contributed by atoms with Gasteiger partial charge in [0.15, 0.2) is 24.1 Å². The van der Waals surface area contributed by atoms with Gasteiger partial charge in [-0.25, -0.2) is 0 Å². The van der Waals surface area contributed by atoms with Crippen molar-refractivity contribution >= 4 is 12.6 Å². The number of carbonyl (C=O) groups is 2. The van der Waals surface area contributed by atoms with Crippen LogP contribution in [0.15, 0.2) is 33.1 Å². The lowest BCUT2D eigenvalue weighted by atomic mass is 10.4. The Balaban J connectivity index is 1.82. The van der Waals surface area contributed by atoms with E-state index in [-0.39, 0.29) is 24.7 Å². The van der Waals surface area contributed by atoms with Crippen LogP contribution < -0.4 is 0 Å². The second-order valence-corrected chi connectivity index (χ2v) is 3.34. The molecule has 0 aromatic carbocycles. The standard InChI is InChI=1S/C12H10O5/c13-5-9-1-3-11(16-9)7-15-8-12-4-2-10(6-14)17-12/h1-6H,7-8H2. The summed E-state index contributed by atoms with van der Waals surface area (Å²) >= 11 is 0. The van der Waals surface area contributed by atoms with Crippen LogP contribution in [0, 0.1) is 0 Å². The van der Waals surface area contributed by atoms with Gasteiger partial charge >= 0.3 is 0 Å². The number of carbonyl (C=O) groups excluding carboxylic acids is 2. The Morgan fingerprint density at radius 3 is 1.71 bits per heavy atom. The summed E-state index contributed by atoms with van der Waals surface area (Å²) in [7, 11) is 0. The highest BCUT2D eigenvalue weighted by atomic mass is 16.5. The van der Waals surface area contributed by atoms with E-state index in [1.54, 1.807) is 24.3 Å². The summed E-state index contributed by atoms with van der Waals surface area (Å²) < 4.78 is 15.5. The van der Waals surface area contributed by atoms with Gasteiger partial charge in [-0.15, -0.1) is 0 Å². The molecule has 0 saturated carbocycles. The normalized spacial score (nSPS) is 10.4. The molecule has 0 aliphatic rings. The molecular formula is C12H10O5. The van der Waals surface area contributed by atoms with Crippen LogP contribution in [0.4, 0.5) is 0 Å². The summed E-state index contributed by atoms with van der Waals surface area (Å²) in [6.07, 6.45) is 1.26. The average molecular weight is 234 g/mol. The fourth-order valence-electron chi connectivity index (χ4n) is 1.32. The summed E-state index contributed by atoms with van der Waals surface area (Å²) in [5.74, 6) is 1.67. The predicted octanol–water partition coefficient (Wildman–Crippen LogP) is 2.21. The van der Waals surface area contributed by atoms with Crippen LogP contribution >= 0.6 is 0 Å². The monoisotopic (exact) mass is 234 g/mol. The summed E-state index contributed by atoms with van der Waals surface area (Å²) in [4.78, 5) is 20.7. The second kappa shape index (κ2) is 5.27. The van der Waals surface area contributed by atoms with E-state index in [1.165, 1.54) is 0 Å². The van der Waals surface area contributed by atoms with Gasteiger partial charge in [0, 0.05) is 0 Å². The maximum absolute atomic E-state index is 10.4. The molecule has 0 radical (unpaired) electrons. The molecule has 5 nitrogen and oxygen atoms in total. The fourth-order valence-corrected chi connectivity index (χ4v) is 1.32. The Labute approximate surface area is 97.0 Å². The summed E-state index contributed by atoms with van der Waals surface area (Å²) in [5.41, 5.74) is 0. The Kier molecular flexibility index (Phi) is 3.52. The van der Waals surface area contributed by atoms with E-state index in [0.29, 0.717) is 24.1 Å². The molecule has 2 aromatic heterocycles. The van der Waals surface area contributed by atoms with Gasteiger partial charge in [0.05, 0.1) is 0 Å². The zero-order valence-corrected chi connectivity index (χ0v) is 8.92. The third-order valence-corrected chi connectivity index (χ3v) is 2.09. The van der Waals surface area contributed by atoms with E-state index in [0.717, 1.165) is 0 Å². The van der Waals surface area contributed by atoms with Crippen molar-refractivity contribution in [3.63, 3.8) is 0 Å². The van der Waals surface area contributed by atoms with E-state index < -0.39 is 0 Å². The van der Waals surface area contributed by atoms with Crippen molar-refractivity contribution in [2.45, 2.75) is 13.2 Å². The van der Waals surface area contributed by atoms with Crippen molar-refractivity contribution in [3.05, 3.63) is 47.3 Å². The van der Waals surface area contributed by atoms with Crippen molar-refractivity contribution in [3.8, 4) is 0 Å². The van der Waals surface area contributed by atoms with E-state index in [2.05, 4.69) is 0 Å². The van der Waals surface area contributed by atoms with E-state index in [9.17, 15) is 9.59 Å². The Bertz CT molecular complexity index is 462. The first-order chi connectivity index (χ1) is 8.31. The molecule has 5 heteroatoms. The van der Waals surface area contributed by atoms with Crippen molar-refractivity contribution in [1.82, 2.24) is 0 Å². The zero-order chi connectivity index (χ0) is 12.1. The maximum Gasteiger partial charge on any atom is 0.185 e.